The first-order valence-electron chi connectivity index (χ1n) is 11.8. The van der Waals surface area contributed by atoms with Gasteiger partial charge in [0.2, 0.25) is 5.91 Å². The third kappa shape index (κ3) is 3.94. The fourth-order valence-electron chi connectivity index (χ4n) is 4.19. The third-order valence-electron chi connectivity index (χ3n) is 6.14. The SMILES string of the molecule is CC(C)C(=O)Nc1cncc(-c2cnc3[nH]nc(-c4nc5c(-c6ccccc6F)ccnc5[nH]4)c3c2F)c1. The molecule has 0 saturated carbocycles. The van der Waals surface area contributed by atoms with Gasteiger partial charge in [0.15, 0.2) is 17.1 Å². The Kier molecular flexibility index (Phi) is 5.60. The molecule has 5 aromatic heterocycles. The molecule has 3 N–H and O–H groups in total. The number of halogens is 2. The molecule has 6 aromatic rings. The molecule has 0 fully saturated rings. The van der Waals surface area contributed by atoms with E-state index >= 15 is 4.39 Å². The number of hydrogen-bond acceptors (Lipinski definition) is 6. The standard InChI is InChI=1S/C27H20F2N8O/c1-13(2)27(38)33-15-9-14(10-30-11-15)18-12-32-24-20(21(18)29)23(36-37-24)26-34-22-17(7-8-31-25(22)35-26)16-5-3-4-6-19(16)28/h3-13H,1-2H3,(H,33,38)(H,31,34,35)(H,32,36,37). The van der Waals surface area contributed by atoms with E-state index in [2.05, 4.69) is 40.4 Å². The Balaban J connectivity index is 1.46. The summed E-state index contributed by atoms with van der Waals surface area (Å²) >= 11 is 0. The first kappa shape index (κ1) is 23.3. The van der Waals surface area contributed by atoms with Crippen LogP contribution in [0.5, 0.6) is 0 Å². The molecule has 0 aliphatic carbocycles. The Morgan fingerprint density at radius 3 is 2.63 bits per heavy atom. The molecular weight excluding hydrogens is 490 g/mol. The average molecular weight is 511 g/mol. The molecule has 0 unspecified atom stereocenters. The summed E-state index contributed by atoms with van der Waals surface area (Å²) in [6, 6.07) is 9.68. The number of pyridine rings is 3. The number of amides is 1. The maximum atomic E-state index is 16.0. The van der Waals surface area contributed by atoms with Gasteiger partial charge in [-0.1, -0.05) is 32.0 Å². The van der Waals surface area contributed by atoms with Gasteiger partial charge in [-0.15, -0.1) is 0 Å². The quantitative estimate of drug-likeness (QED) is 0.281. The van der Waals surface area contributed by atoms with Gasteiger partial charge in [-0.2, -0.15) is 5.10 Å². The molecule has 0 radical (unpaired) electrons. The highest BCUT2D eigenvalue weighted by Crippen LogP contribution is 2.35. The molecule has 1 amide bonds. The number of rotatable bonds is 5. The highest BCUT2D eigenvalue weighted by molar-refractivity contribution is 5.97. The van der Waals surface area contributed by atoms with Gasteiger partial charge in [-0.05, 0) is 18.2 Å². The fraction of sp³-hybridized carbons (Fsp3) is 0.111. The number of anilines is 1. The number of benzene rings is 1. The normalized spacial score (nSPS) is 11.5. The summed E-state index contributed by atoms with van der Waals surface area (Å²) in [6.45, 7) is 3.55. The Bertz CT molecular complexity index is 1840. The monoisotopic (exact) mass is 510 g/mol. The smallest absolute Gasteiger partial charge is 0.226 e. The Hall–Kier alpha value is -5.06. The molecule has 11 heteroatoms. The summed E-state index contributed by atoms with van der Waals surface area (Å²) < 4.78 is 30.5. The minimum Gasteiger partial charge on any atom is -0.324 e. The van der Waals surface area contributed by atoms with Crippen LogP contribution in [-0.2, 0) is 4.79 Å². The zero-order valence-electron chi connectivity index (χ0n) is 20.3. The van der Waals surface area contributed by atoms with Gasteiger partial charge in [0.1, 0.15) is 22.8 Å². The Morgan fingerprint density at radius 2 is 1.82 bits per heavy atom. The van der Waals surface area contributed by atoms with E-state index in [1.54, 1.807) is 50.4 Å². The number of H-pyrrole nitrogens is 2. The number of aromatic nitrogens is 7. The highest BCUT2D eigenvalue weighted by Gasteiger charge is 2.22. The van der Waals surface area contributed by atoms with E-state index in [9.17, 15) is 9.18 Å². The van der Waals surface area contributed by atoms with Crippen molar-refractivity contribution in [2.75, 3.05) is 5.32 Å². The zero-order chi connectivity index (χ0) is 26.4. The van der Waals surface area contributed by atoms with Crippen molar-refractivity contribution in [2.24, 2.45) is 5.92 Å². The lowest BCUT2D eigenvalue weighted by Crippen LogP contribution is -2.17. The van der Waals surface area contributed by atoms with Crippen molar-refractivity contribution < 1.29 is 13.6 Å². The van der Waals surface area contributed by atoms with Crippen LogP contribution in [0.25, 0.3) is 56.0 Å². The molecule has 38 heavy (non-hydrogen) atoms. The van der Waals surface area contributed by atoms with E-state index in [1.807, 2.05) is 0 Å². The minimum absolute atomic E-state index is 0.116. The van der Waals surface area contributed by atoms with Crippen LogP contribution in [0.1, 0.15) is 13.8 Å². The molecule has 0 aliphatic rings. The van der Waals surface area contributed by atoms with Gasteiger partial charge in [0.25, 0.3) is 0 Å². The van der Waals surface area contributed by atoms with Gasteiger partial charge in [0.05, 0.1) is 17.3 Å². The van der Waals surface area contributed by atoms with E-state index in [0.717, 1.165) is 0 Å². The van der Waals surface area contributed by atoms with Crippen LogP contribution in [-0.4, -0.2) is 41.0 Å². The number of nitrogens with one attached hydrogen (secondary N) is 3. The number of carbonyl (C=O) groups excluding carboxylic acids is 1. The summed E-state index contributed by atoms with van der Waals surface area (Å²) in [5.41, 5.74) is 3.21. The lowest BCUT2D eigenvalue weighted by Gasteiger charge is -2.09. The van der Waals surface area contributed by atoms with Crippen molar-refractivity contribution in [1.82, 2.24) is 35.1 Å². The number of hydrogen-bond donors (Lipinski definition) is 3. The highest BCUT2D eigenvalue weighted by atomic mass is 19.1. The van der Waals surface area contributed by atoms with E-state index < -0.39 is 11.6 Å². The summed E-state index contributed by atoms with van der Waals surface area (Å²) in [5, 5.41) is 9.88. The van der Waals surface area contributed by atoms with E-state index in [4.69, 9.17) is 0 Å². The lowest BCUT2D eigenvalue weighted by molar-refractivity contribution is -0.118. The summed E-state index contributed by atoms with van der Waals surface area (Å²) in [6.07, 6.45) is 5.90. The second-order valence-corrected chi connectivity index (χ2v) is 9.01. The van der Waals surface area contributed by atoms with Crippen molar-refractivity contribution in [3.8, 4) is 33.8 Å². The van der Waals surface area contributed by atoms with Gasteiger partial charge in [0, 0.05) is 46.8 Å². The molecule has 6 rings (SSSR count). The van der Waals surface area contributed by atoms with Crippen LogP contribution in [0.3, 0.4) is 0 Å². The number of imidazole rings is 1. The number of carbonyl (C=O) groups is 1. The molecule has 0 saturated heterocycles. The third-order valence-corrected chi connectivity index (χ3v) is 6.14. The molecule has 1 aromatic carbocycles. The van der Waals surface area contributed by atoms with Crippen molar-refractivity contribution in [3.05, 3.63) is 72.8 Å². The van der Waals surface area contributed by atoms with Crippen LogP contribution in [0.15, 0.2) is 61.2 Å². The van der Waals surface area contributed by atoms with Crippen LogP contribution in [0.4, 0.5) is 14.5 Å². The predicted molar refractivity (Wildman–Crippen MR) is 139 cm³/mol. The summed E-state index contributed by atoms with van der Waals surface area (Å²) in [4.78, 5) is 32.6. The van der Waals surface area contributed by atoms with Crippen LogP contribution < -0.4 is 5.32 Å². The van der Waals surface area contributed by atoms with E-state index in [-0.39, 0.29) is 39.9 Å². The average Bonchev–Trinajstić information content (AvgIpc) is 3.54. The van der Waals surface area contributed by atoms with Crippen LogP contribution >= 0.6 is 0 Å². The summed E-state index contributed by atoms with van der Waals surface area (Å²) in [7, 11) is 0. The summed E-state index contributed by atoms with van der Waals surface area (Å²) in [5.74, 6) is -1.13. The van der Waals surface area contributed by atoms with E-state index in [0.29, 0.717) is 33.5 Å². The molecular formula is C27H20F2N8O. The zero-order valence-corrected chi connectivity index (χ0v) is 20.3. The predicted octanol–water partition coefficient (Wildman–Crippen LogP) is 5.50. The lowest BCUT2D eigenvalue weighted by atomic mass is 10.1. The van der Waals surface area contributed by atoms with Crippen molar-refractivity contribution in [1.29, 1.82) is 0 Å². The number of aromatic amines is 2. The first-order valence-corrected chi connectivity index (χ1v) is 11.8. The fourth-order valence-corrected chi connectivity index (χ4v) is 4.19. The minimum atomic E-state index is -0.587. The molecule has 0 spiro atoms. The van der Waals surface area contributed by atoms with Crippen LogP contribution in [0.2, 0.25) is 0 Å². The Morgan fingerprint density at radius 1 is 0.974 bits per heavy atom. The maximum Gasteiger partial charge on any atom is 0.226 e. The largest absolute Gasteiger partial charge is 0.324 e. The molecule has 0 bridgehead atoms. The van der Waals surface area contributed by atoms with E-state index in [1.165, 1.54) is 24.7 Å². The van der Waals surface area contributed by atoms with Gasteiger partial charge < -0.3 is 10.3 Å². The van der Waals surface area contributed by atoms with Crippen molar-refractivity contribution in [2.45, 2.75) is 13.8 Å². The van der Waals surface area contributed by atoms with Crippen molar-refractivity contribution >= 4 is 33.8 Å². The Labute approximate surface area is 214 Å². The first-order chi connectivity index (χ1) is 18.4. The molecule has 0 atom stereocenters. The second-order valence-electron chi connectivity index (χ2n) is 9.01. The second kappa shape index (κ2) is 9.11. The van der Waals surface area contributed by atoms with Gasteiger partial charge in [-0.25, -0.2) is 23.7 Å². The topological polar surface area (TPSA) is 125 Å². The molecule has 5 heterocycles. The van der Waals surface area contributed by atoms with Gasteiger partial charge in [-0.3, -0.25) is 14.9 Å². The van der Waals surface area contributed by atoms with Crippen LogP contribution in [0, 0.1) is 17.6 Å². The van der Waals surface area contributed by atoms with Crippen molar-refractivity contribution in [3.63, 3.8) is 0 Å². The maximum absolute atomic E-state index is 16.0. The van der Waals surface area contributed by atoms with Gasteiger partial charge >= 0.3 is 0 Å². The number of fused-ring (bicyclic) bond motifs is 2. The molecule has 0 aliphatic heterocycles. The molecule has 9 nitrogen and oxygen atoms in total. The number of nitrogens with zero attached hydrogens (tertiary/aromatic N) is 5. The molecule has 188 valence electrons.